The van der Waals surface area contributed by atoms with Crippen LogP contribution in [0.15, 0.2) is 0 Å². The van der Waals surface area contributed by atoms with Gasteiger partial charge in [-0.2, -0.15) is 0 Å². The van der Waals surface area contributed by atoms with E-state index in [0.717, 1.165) is 0 Å². The first kappa shape index (κ1) is 15.7. The normalized spacial score (nSPS) is 1.25. The number of hydrogen-bond acceptors (Lipinski definition) is 1. The minimum atomic E-state index is 0. The SMILES string of the molecule is [H-].[H-].[O]=[Co].[Sm].[Sr+2]. The molecule has 0 spiro atoms. The van der Waals surface area contributed by atoms with Crippen LogP contribution in [0.1, 0.15) is 2.85 Å². The van der Waals surface area contributed by atoms with Crippen LogP contribution in [0.3, 0.4) is 0 Å². The zero-order valence-electron chi connectivity index (χ0n) is 3.86. The maximum Gasteiger partial charge on any atom is 2.00 e. The quantitative estimate of drug-likeness (QED) is 0.562. The van der Waals surface area contributed by atoms with Crippen LogP contribution in [0.5, 0.6) is 0 Å². The van der Waals surface area contributed by atoms with Gasteiger partial charge in [-0.15, -0.1) is 0 Å². The summed E-state index contributed by atoms with van der Waals surface area (Å²) >= 11 is 2.31. The maximum absolute atomic E-state index is 7.94. The van der Waals surface area contributed by atoms with E-state index in [4.69, 9.17) is 3.87 Å². The predicted octanol–water partition coefficient (Wildman–Crippen LogP) is -0.277. The Morgan fingerprint density at radius 2 is 1.50 bits per heavy atom. The molecule has 0 amide bonds. The Hall–Kier alpha value is 3.12. The van der Waals surface area contributed by atoms with Crippen LogP contribution in [0.25, 0.3) is 0 Å². The van der Waals surface area contributed by atoms with Crippen LogP contribution in [-0.2, 0) is 19.5 Å². The molecule has 0 atom stereocenters. The van der Waals surface area contributed by atoms with Crippen LogP contribution in [0.4, 0.5) is 0 Å². The molecule has 0 aromatic carbocycles. The molecule has 0 fully saturated rings. The Bertz CT molecular complexity index is 13.5. The predicted molar refractivity (Wildman–Crippen MR) is 8.66 cm³/mol. The van der Waals surface area contributed by atoms with Gasteiger partial charge >= 0.3 is 65.0 Å². The molecular weight excluding hydrogens is 313 g/mol. The van der Waals surface area contributed by atoms with Gasteiger partial charge in [0.2, 0.25) is 0 Å². The van der Waals surface area contributed by atoms with Crippen LogP contribution in [-0.4, -0.2) is 45.5 Å². The van der Waals surface area contributed by atoms with E-state index in [1.807, 2.05) is 0 Å². The van der Waals surface area contributed by atoms with Gasteiger partial charge in [0.25, 0.3) is 0 Å². The van der Waals surface area contributed by atoms with Gasteiger partial charge in [0.05, 0.1) is 0 Å². The molecule has 0 heterocycles. The van der Waals surface area contributed by atoms with Crippen LogP contribution < -0.4 is 0 Å². The fourth-order valence-corrected chi connectivity index (χ4v) is 0. The van der Waals surface area contributed by atoms with E-state index >= 15 is 0 Å². The molecular formula is H2CoOSmSr. The van der Waals surface area contributed by atoms with Crippen molar-refractivity contribution in [3.05, 3.63) is 0 Å². The Kier molecular flexibility index (Phi) is 64.7. The van der Waals surface area contributed by atoms with Crippen molar-refractivity contribution in [3.63, 3.8) is 0 Å². The van der Waals surface area contributed by atoms with Crippen molar-refractivity contribution in [1.29, 1.82) is 0 Å². The minimum Gasteiger partial charge on any atom is 0 e. The first-order chi connectivity index (χ1) is 1.00. The van der Waals surface area contributed by atoms with Crippen LogP contribution in [0, 0.1) is 40.4 Å². The molecule has 0 aliphatic carbocycles. The molecule has 25 valence electrons. The largest absolute Gasteiger partial charge is 2.00 e. The van der Waals surface area contributed by atoms with Gasteiger partial charge in [-0.05, 0) is 0 Å². The molecule has 0 radical (unpaired) electrons. The standard InChI is InChI=1S/Co.O.Sm.Sr.2H/q;;;+2;2*-1. The molecule has 0 saturated heterocycles. The molecule has 4 heavy (non-hydrogen) atoms. The van der Waals surface area contributed by atoms with Gasteiger partial charge in [-0.3, -0.25) is 0 Å². The fraction of sp³-hybridized carbons (Fsp3) is 0. The van der Waals surface area contributed by atoms with Gasteiger partial charge < -0.3 is 2.85 Å². The summed E-state index contributed by atoms with van der Waals surface area (Å²) in [7, 11) is 0. The third kappa shape index (κ3) is 8.93. The van der Waals surface area contributed by atoms with E-state index in [9.17, 15) is 0 Å². The summed E-state index contributed by atoms with van der Waals surface area (Å²) in [5.74, 6) is 0. The molecule has 0 aliphatic rings. The average Bonchev–Trinajstić information content (AvgIpc) is 1.00. The van der Waals surface area contributed by atoms with Crippen molar-refractivity contribution in [3.8, 4) is 0 Å². The first-order valence-electron chi connectivity index (χ1n) is 0.136. The Morgan fingerprint density at radius 3 is 1.50 bits per heavy atom. The molecule has 1 nitrogen and oxygen atoms in total. The second kappa shape index (κ2) is 16.5. The van der Waals surface area contributed by atoms with Crippen molar-refractivity contribution in [2.75, 3.05) is 0 Å². The van der Waals surface area contributed by atoms with E-state index in [2.05, 4.69) is 15.7 Å². The summed E-state index contributed by atoms with van der Waals surface area (Å²) in [5, 5.41) is 0. The summed E-state index contributed by atoms with van der Waals surface area (Å²) in [5.41, 5.74) is 0. The van der Waals surface area contributed by atoms with Gasteiger partial charge in [0.15, 0.2) is 0 Å². The molecule has 0 bridgehead atoms. The average molecular weight is 315 g/mol. The van der Waals surface area contributed by atoms with Gasteiger partial charge in [0, 0.05) is 40.4 Å². The number of hydrogen-bond donors (Lipinski definition) is 0. The monoisotopic (exact) mass is 317 g/mol. The van der Waals surface area contributed by atoms with Crippen molar-refractivity contribution < 1.29 is 62.8 Å². The molecule has 0 N–H and O–H groups in total. The fourth-order valence-electron chi connectivity index (χ4n) is 0. The zero-order valence-corrected chi connectivity index (χ0v) is 8.99. The zero-order chi connectivity index (χ0) is 2.00. The van der Waals surface area contributed by atoms with E-state index in [0.29, 0.717) is 0 Å². The molecule has 0 aliphatic heterocycles. The first-order valence-corrected chi connectivity index (χ1v) is 0.561. The summed E-state index contributed by atoms with van der Waals surface area (Å²) < 4.78 is 7.94. The molecule has 4 heteroatoms. The smallest absolute Gasteiger partial charge is 0 e. The molecule has 0 saturated carbocycles. The van der Waals surface area contributed by atoms with Crippen molar-refractivity contribution in [1.82, 2.24) is 0 Å². The Labute approximate surface area is 105 Å². The van der Waals surface area contributed by atoms with Crippen molar-refractivity contribution >= 4 is 45.5 Å². The molecule has 0 rings (SSSR count). The van der Waals surface area contributed by atoms with Gasteiger partial charge in [0.1, 0.15) is 0 Å². The van der Waals surface area contributed by atoms with E-state index in [-0.39, 0.29) is 88.7 Å². The maximum atomic E-state index is 7.94. The van der Waals surface area contributed by atoms with Crippen LogP contribution in [0.2, 0.25) is 0 Å². The van der Waals surface area contributed by atoms with Crippen molar-refractivity contribution in [2.24, 2.45) is 0 Å². The van der Waals surface area contributed by atoms with Crippen LogP contribution >= 0.6 is 0 Å². The second-order valence-corrected chi connectivity index (χ2v) is 0. The number of rotatable bonds is 0. The molecule has 0 aromatic rings. The van der Waals surface area contributed by atoms with E-state index in [1.165, 1.54) is 0 Å². The third-order valence-electron chi connectivity index (χ3n) is 0. The van der Waals surface area contributed by atoms with Crippen molar-refractivity contribution in [2.45, 2.75) is 0 Å². The topological polar surface area (TPSA) is 17.1 Å². The summed E-state index contributed by atoms with van der Waals surface area (Å²) in [6, 6.07) is 0. The molecule has 0 unspecified atom stereocenters. The summed E-state index contributed by atoms with van der Waals surface area (Å²) in [6.45, 7) is 0. The second-order valence-electron chi connectivity index (χ2n) is 0. The molecule has 0 aromatic heterocycles. The summed E-state index contributed by atoms with van der Waals surface area (Å²) in [4.78, 5) is 0. The summed E-state index contributed by atoms with van der Waals surface area (Å²) in [6.07, 6.45) is 0. The van der Waals surface area contributed by atoms with Gasteiger partial charge in [-0.1, -0.05) is 0 Å². The van der Waals surface area contributed by atoms with E-state index in [1.54, 1.807) is 0 Å². The minimum absolute atomic E-state index is 0. The Balaban J connectivity index is -0.000000000833. The van der Waals surface area contributed by atoms with Gasteiger partial charge in [-0.25, -0.2) is 0 Å². The Morgan fingerprint density at radius 1 is 1.50 bits per heavy atom. The third-order valence-corrected chi connectivity index (χ3v) is 0. The van der Waals surface area contributed by atoms with E-state index < -0.39 is 0 Å².